The fourth-order valence-electron chi connectivity index (χ4n) is 2.79. The van der Waals surface area contributed by atoms with Crippen LogP contribution in [0.15, 0.2) is 18.2 Å². The van der Waals surface area contributed by atoms with E-state index in [2.05, 4.69) is 5.32 Å². The Hall–Kier alpha value is -1.72. The monoisotopic (exact) mass is 301 g/mol. The van der Waals surface area contributed by atoms with Gasteiger partial charge in [0.2, 0.25) is 0 Å². The summed E-state index contributed by atoms with van der Waals surface area (Å²) in [7, 11) is 0. The van der Waals surface area contributed by atoms with Gasteiger partial charge in [0.15, 0.2) is 0 Å². The maximum Gasteiger partial charge on any atom is 0.417 e. The van der Waals surface area contributed by atoms with Gasteiger partial charge in [-0.15, -0.1) is 0 Å². The standard InChI is InChI=1S/C15H18F3NO2/c16-15(17,18)13-9-11(5-6-12(13)14(20)21)19-8-7-10-3-1-2-4-10/h5-6,9-10,19H,1-4,7-8H2,(H,20,21). The number of anilines is 1. The number of halogens is 3. The predicted octanol–water partition coefficient (Wildman–Crippen LogP) is 4.40. The lowest BCUT2D eigenvalue weighted by Crippen LogP contribution is -2.14. The van der Waals surface area contributed by atoms with Crippen LogP contribution in [-0.4, -0.2) is 17.6 Å². The first-order valence-corrected chi connectivity index (χ1v) is 7.06. The molecule has 0 radical (unpaired) electrons. The van der Waals surface area contributed by atoms with Gasteiger partial charge in [-0.2, -0.15) is 13.2 Å². The van der Waals surface area contributed by atoms with Crippen molar-refractivity contribution in [2.75, 3.05) is 11.9 Å². The molecule has 1 fully saturated rings. The Morgan fingerprint density at radius 2 is 1.95 bits per heavy atom. The number of nitrogens with one attached hydrogen (secondary N) is 1. The summed E-state index contributed by atoms with van der Waals surface area (Å²) in [4.78, 5) is 10.8. The molecule has 116 valence electrons. The van der Waals surface area contributed by atoms with Crippen LogP contribution in [-0.2, 0) is 6.18 Å². The lowest BCUT2D eigenvalue weighted by molar-refractivity contribution is -0.138. The van der Waals surface area contributed by atoms with Gasteiger partial charge in [-0.25, -0.2) is 4.79 Å². The highest BCUT2D eigenvalue weighted by Crippen LogP contribution is 2.34. The van der Waals surface area contributed by atoms with E-state index in [1.54, 1.807) is 0 Å². The highest BCUT2D eigenvalue weighted by Gasteiger charge is 2.35. The van der Waals surface area contributed by atoms with E-state index in [9.17, 15) is 18.0 Å². The number of alkyl halides is 3. The predicted molar refractivity (Wildman–Crippen MR) is 73.5 cm³/mol. The van der Waals surface area contributed by atoms with Gasteiger partial charge in [0, 0.05) is 12.2 Å². The maximum absolute atomic E-state index is 12.9. The summed E-state index contributed by atoms with van der Waals surface area (Å²) in [6, 6.07) is 3.26. The SMILES string of the molecule is O=C(O)c1ccc(NCCC2CCCC2)cc1C(F)(F)F. The highest BCUT2D eigenvalue weighted by atomic mass is 19.4. The minimum atomic E-state index is -4.67. The lowest BCUT2D eigenvalue weighted by atomic mass is 10.0. The Bertz CT molecular complexity index is 508. The van der Waals surface area contributed by atoms with Crippen LogP contribution in [0, 0.1) is 5.92 Å². The summed E-state index contributed by atoms with van der Waals surface area (Å²) in [5.74, 6) is -0.919. The molecule has 0 amide bonds. The quantitative estimate of drug-likeness (QED) is 0.847. The fourth-order valence-corrected chi connectivity index (χ4v) is 2.79. The molecule has 1 saturated carbocycles. The van der Waals surface area contributed by atoms with Crippen molar-refractivity contribution in [2.24, 2.45) is 5.92 Å². The van der Waals surface area contributed by atoms with Crippen LogP contribution in [0.1, 0.15) is 48.0 Å². The molecule has 21 heavy (non-hydrogen) atoms. The molecule has 0 atom stereocenters. The summed E-state index contributed by atoms with van der Waals surface area (Å²) in [5.41, 5.74) is -1.52. The molecule has 1 aromatic rings. The van der Waals surface area contributed by atoms with Gasteiger partial charge in [-0.05, 0) is 30.5 Å². The molecular formula is C15H18F3NO2. The number of hydrogen-bond acceptors (Lipinski definition) is 2. The molecule has 0 aromatic heterocycles. The molecule has 0 unspecified atom stereocenters. The van der Waals surface area contributed by atoms with E-state index < -0.39 is 23.3 Å². The van der Waals surface area contributed by atoms with E-state index >= 15 is 0 Å². The molecule has 6 heteroatoms. The van der Waals surface area contributed by atoms with Crippen LogP contribution in [0.5, 0.6) is 0 Å². The van der Waals surface area contributed by atoms with Gasteiger partial charge < -0.3 is 10.4 Å². The van der Waals surface area contributed by atoms with E-state index in [-0.39, 0.29) is 0 Å². The number of carboxylic acids is 1. The van der Waals surface area contributed by atoms with Crippen LogP contribution in [0.3, 0.4) is 0 Å². The molecule has 2 rings (SSSR count). The van der Waals surface area contributed by atoms with Gasteiger partial charge in [0.05, 0.1) is 11.1 Å². The van der Waals surface area contributed by atoms with Gasteiger partial charge in [-0.1, -0.05) is 25.7 Å². The topological polar surface area (TPSA) is 49.3 Å². The van der Waals surface area contributed by atoms with Gasteiger partial charge in [0.1, 0.15) is 0 Å². The Balaban J connectivity index is 2.04. The van der Waals surface area contributed by atoms with E-state index in [0.29, 0.717) is 18.2 Å². The van der Waals surface area contributed by atoms with Gasteiger partial charge >= 0.3 is 12.1 Å². The van der Waals surface area contributed by atoms with E-state index in [4.69, 9.17) is 5.11 Å². The van der Waals surface area contributed by atoms with Crippen LogP contribution in [0.2, 0.25) is 0 Å². The van der Waals surface area contributed by atoms with Crippen molar-refractivity contribution >= 4 is 11.7 Å². The summed E-state index contributed by atoms with van der Waals surface area (Å²) in [6.45, 7) is 0.606. The fraction of sp³-hybridized carbons (Fsp3) is 0.533. The first-order valence-electron chi connectivity index (χ1n) is 7.06. The van der Waals surface area contributed by atoms with Crippen LogP contribution >= 0.6 is 0 Å². The first-order chi connectivity index (χ1) is 9.88. The normalized spacial score (nSPS) is 16.1. The number of aromatic carboxylic acids is 1. The molecule has 0 spiro atoms. The third-order valence-electron chi connectivity index (χ3n) is 3.91. The minimum absolute atomic E-state index is 0.310. The first kappa shape index (κ1) is 15.7. The number of carboxylic acid groups (broad SMARTS) is 1. The zero-order chi connectivity index (χ0) is 15.5. The number of hydrogen-bond donors (Lipinski definition) is 2. The molecular weight excluding hydrogens is 283 g/mol. The second kappa shape index (κ2) is 6.37. The number of carbonyl (C=O) groups is 1. The Morgan fingerprint density at radius 3 is 2.52 bits per heavy atom. The van der Waals surface area contributed by atoms with Gasteiger partial charge in [0.25, 0.3) is 0 Å². The van der Waals surface area contributed by atoms with Crippen molar-refractivity contribution in [3.05, 3.63) is 29.3 Å². The van der Waals surface area contributed by atoms with Crippen molar-refractivity contribution in [1.82, 2.24) is 0 Å². The Labute approximate surface area is 121 Å². The molecule has 1 aromatic carbocycles. The summed E-state index contributed by atoms with van der Waals surface area (Å²) in [6.07, 6.45) is 1.10. The molecule has 0 saturated heterocycles. The van der Waals surface area contributed by atoms with Gasteiger partial charge in [-0.3, -0.25) is 0 Å². The summed E-state index contributed by atoms with van der Waals surface area (Å²) in [5, 5.41) is 11.8. The van der Waals surface area contributed by atoms with Crippen molar-refractivity contribution in [1.29, 1.82) is 0 Å². The Morgan fingerprint density at radius 1 is 1.29 bits per heavy atom. The zero-order valence-corrected chi connectivity index (χ0v) is 11.5. The lowest BCUT2D eigenvalue weighted by Gasteiger charge is -2.14. The van der Waals surface area contributed by atoms with Crippen molar-refractivity contribution in [3.8, 4) is 0 Å². The summed E-state index contributed by atoms with van der Waals surface area (Å²) >= 11 is 0. The third kappa shape index (κ3) is 4.12. The molecule has 1 aliphatic rings. The van der Waals surface area contributed by atoms with Crippen LogP contribution in [0.25, 0.3) is 0 Å². The van der Waals surface area contributed by atoms with Crippen molar-refractivity contribution in [2.45, 2.75) is 38.3 Å². The molecule has 0 heterocycles. The maximum atomic E-state index is 12.9. The molecule has 1 aliphatic carbocycles. The van der Waals surface area contributed by atoms with E-state index in [1.165, 1.54) is 31.7 Å². The average Bonchev–Trinajstić information content (AvgIpc) is 2.90. The highest BCUT2D eigenvalue weighted by molar-refractivity contribution is 5.90. The summed E-state index contributed by atoms with van der Waals surface area (Å²) < 4.78 is 38.6. The van der Waals surface area contributed by atoms with Crippen molar-refractivity contribution < 1.29 is 23.1 Å². The smallest absolute Gasteiger partial charge is 0.417 e. The average molecular weight is 301 g/mol. The second-order valence-electron chi connectivity index (χ2n) is 5.43. The largest absolute Gasteiger partial charge is 0.478 e. The third-order valence-corrected chi connectivity index (χ3v) is 3.91. The van der Waals surface area contributed by atoms with Crippen LogP contribution in [0.4, 0.5) is 18.9 Å². The molecule has 0 bridgehead atoms. The molecule has 3 nitrogen and oxygen atoms in total. The zero-order valence-electron chi connectivity index (χ0n) is 11.5. The number of benzene rings is 1. The molecule has 2 N–H and O–H groups in total. The molecule has 0 aliphatic heterocycles. The van der Waals surface area contributed by atoms with Crippen molar-refractivity contribution in [3.63, 3.8) is 0 Å². The number of rotatable bonds is 5. The van der Waals surface area contributed by atoms with Crippen LogP contribution < -0.4 is 5.32 Å². The minimum Gasteiger partial charge on any atom is -0.478 e. The second-order valence-corrected chi connectivity index (χ2v) is 5.43. The Kier molecular flexibility index (Phi) is 4.75. The van der Waals surface area contributed by atoms with E-state index in [1.807, 2.05) is 0 Å². The van der Waals surface area contributed by atoms with E-state index in [0.717, 1.165) is 18.6 Å².